The van der Waals surface area contributed by atoms with E-state index in [2.05, 4.69) is 5.32 Å². The zero-order valence-electron chi connectivity index (χ0n) is 12.0. The maximum Gasteiger partial charge on any atom is 0.325 e. The predicted molar refractivity (Wildman–Crippen MR) is 86.0 cm³/mol. The fraction of sp³-hybridized carbons (Fsp3) is 0.429. The van der Waals surface area contributed by atoms with Gasteiger partial charge in [-0.1, -0.05) is 23.2 Å². The first-order valence-corrected chi connectivity index (χ1v) is 8.02. The normalized spacial score (nSPS) is 12.1. The summed E-state index contributed by atoms with van der Waals surface area (Å²) in [6, 6.07) is 5.06. The van der Waals surface area contributed by atoms with Gasteiger partial charge < -0.3 is 10.1 Å². The Labute approximate surface area is 138 Å². The maximum atomic E-state index is 11.9. The quantitative estimate of drug-likeness (QED) is 0.630. The highest BCUT2D eigenvalue weighted by Gasteiger charge is 2.17. The molecule has 1 aromatic carbocycles. The van der Waals surface area contributed by atoms with Crippen molar-refractivity contribution in [3.05, 3.63) is 28.2 Å². The van der Waals surface area contributed by atoms with Gasteiger partial charge in [-0.05, 0) is 39.0 Å². The number of hydrogen-bond acceptors (Lipinski definition) is 4. The van der Waals surface area contributed by atoms with E-state index in [0.717, 1.165) is 4.90 Å². The van der Waals surface area contributed by atoms with E-state index < -0.39 is 11.2 Å². The lowest BCUT2D eigenvalue weighted by molar-refractivity contribution is -0.147. The first-order chi connectivity index (χ1) is 9.79. The van der Waals surface area contributed by atoms with E-state index in [9.17, 15) is 9.59 Å². The minimum atomic E-state index is -0.462. The lowest BCUT2D eigenvalue weighted by Gasteiger charge is -2.13. The van der Waals surface area contributed by atoms with Crippen LogP contribution in [0.3, 0.4) is 0 Å². The van der Waals surface area contributed by atoms with Crippen molar-refractivity contribution >= 4 is 46.8 Å². The van der Waals surface area contributed by atoms with Crippen molar-refractivity contribution in [2.45, 2.75) is 37.0 Å². The fourth-order valence-corrected chi connectivity index (χ4v) is 2.85. The average molecular weight is 350 g/mol. The molecule has 0 aromatic heterocycles. The van der Waals surface area contributed by atoms with Gasteiger partial charge >= 0.3 is 5.97 Å². The Morgan fingerprint density at radius 1 is 1.29 bits per heavy atom. The molecule has 116 valence electrons. The number of benzene rings is 1. The van der Waals surface area contributed by atoms with Crippen LogP contribution >= 0.6 is 35.0 Å². The molecular weight excluding hydrogens is 333 g/mol. The van der Waals surface area contributed by atoms with Crippen molar-refractivity contribution in [2.75, 3.05) is 6.54 Å². The summed E-state index contributed by atoms with van der Waals surface area (Å²) in [7, 11) is 0. The summed E-state index contributed by atoms with van der Waals surface area (Å²) in [6.45, 7) is 5.08. The summed E-state index contributed by atoms with van der Waals surface area (Å²) < 4.78 is 4.93. The number of ether oxygens (including phenoxy) is 1. The molecule has 7 heteroatoms. The Hall–Kier alpha value is -0.910. The number of carbonyl (C=O) groups is 2. The van der Waals surface area contributed by atoms with Crippen molar-refractivity contribution in [3.8, 4) is 0 Å². The maximum absolute atomic E-state index is 11.9. The number of hydrogen-bond donors (Lipinski definition) is 1. The van der Waals surface area contributed by atoms with Gasteiger partial charge in [0, 0.05) is 9.92 Å². The zero-order valence-corrected chi connectivity index (χ0v) is 14.3. The van der Waals surface area contributed by atoms with E-state index in [-0.39, 0.29) is 18.6 Å². The molecule has 1 unspecified atom stereocenters. The third-order valence-corrected chi connectivity index (χ3v) is 4.18. The Kier molecular flexibility index (Phi) is 7.35. The lowest BCUT2D eigenvalue weighted by Crippen LogP contribution is -2.36. The third kappa shape index (κ3) is 6.59. The van der Waals surface area contributed by atoms with Crippen LogP contribution in [0.1, 0.15) is 20.8 Å². The van der Waals surface area contributed by atoms with E-state index in [1.165, 1.54) is 11.8 Å². The Morgan fingerprint density at radius 2 is 1.95 bits per heavy atom. The second kappa shape index (κ2) is 8.51. The molecule has 0 aliphatic carbocycles. The van der Waals surface area contributed by atoms with Crippen LogP contribution in [0.2, 0.25) is 10.0 Å². The molecule has 0 bridgehead atoms. The Balaban J connectivity index is 2.51. The lowest BCUT2D eigenvalue weighted by atomic mass is 10.4. The predicted octanol–water partition coefficient (Wildman–Crippen LogP) is 3.54. The van der Waals surface area contributed by atoms with Crippen LogP contribution < -0.4 is 5.32 Å². The van der Waals surface area contributed by atoms with E-state index in [1.807, 2.05) is 0 Å². The molecule has 1 N–H and O–H groups in total. The smallest absolute Gasteiger partial charge is 0.325 e. The van der Waals surface area contributed by atoms with E-state index >= 15 is 0 Å². The van der Waals surface area contributed by atoms with Gasteiger partial charge in [0.2, 0.25) is 5.91 Å². The van der Waals surface area contributed by atoms with Crippen LogP contribution in [0.15, 0.2) is 23.1 Å². The SMILES string of the molecule is CC(C)OC(=O)CNC(=O)C(C)Sc1cc(Cl)ccc1Cl. The molecule has 0 aliphatic rings. The molecule has 1 aromatic rings. The summed E-state index contributed by atoms with van der Waals surface area (Å²) in [6.07, 6.45) is -0.202. The molecule has 21 heavy (non-hydrogen) atoms. The van der Waals surface area contributed by atoms with Gasteiger partial charge in [-0.2, -0.15) is 0 Å². The molecule has 1 rings (SSSR count). The standard InChI is InChI=1S/C14H17Cl2NO3S/c1-8(2)20-13(18)7-17-14(19)9(3)21-12-6-10(15)4-5-11(12)16/h4-6,8-9H,7H2,1-3H3,(H,17,19). The summed E-state index contributed by atoms with van der Waals surface area (Å²) >= 11 is 13.2. The zero-order chi connectivity index (χ0) is 16.0. The second-order valence-corrected chi connectivity index (χ2v) is 6.82. The molecule has 0 saturated heterocycles. The minimum Gasteiger partial charge on any atom is -0.462 e. The number of carbonyl (C=O) groups excluding carboxylic acids is 2. The molecule has 0 fully saturated rings. The van der Waals surface area contributed by atoms with Crippen molar-refractivity contribution in [3.63, 3.8) is 0 Å². The number of amides is 1. The topological polar surface area (TPSA) is 55.4 Å². The van der Waals surface area contributed by atoms with Crippen molar-refractivity contribution < 1.29 is 14.3 Å². The molecule has 0 heterocycles. The Morgan fingerprint density at radius 3 is 2.57 bits per heavy atom. The highest BCUT2D eigenvalue weighted by atomic mass is 35.5. The van der Waals surface area contributed by atoms with Gasteiger partial charge in [0.1, 0.15) is 6.54 Å². The molecule has 1 amide bonds. The monoisotopic (exact) mass is 349 g/mol. The van der Waals surface area contributed by atoms with Crippen LogP contribution in [0, 0.1) is 0 Å². The number of halogens is 2. The highest BCUT2D eigenvalue weighted by molar-refractivity contribution is 8.00. The van der Waals surface area contributed by atoms with Crippen LogP contribution in [0.25, 0.3) is 0 Å². The molecule has 0 aliphatic heterocycles. The van der Waals surface area contributed by atoms with Gasteiger partial charge in [-0.15, -0.1) is 11.8 Å². The number of thioether (sulfide) groups is 1. The van der Waals surface area contributed by atoms with Gasteiger partial charge in [-0.25, -0.2) is 0 Å². The van der Waals surface area contributed by atoms with E-state index in [4.69, 9.17) is 27.9 Å². The van der Waals surface area contributed by atoms with E-state index in [1.54, 1.807) is 39.0 Å². The third-order valence-electron chi connectivity index (χ3n) is 2.34. The second-order valence-electron chi connectivity index (χ2n) is 4.59. The molecule has 1 atom stereocenters. The first kappa shape index (κ1) is 18.1. The highest BCUT2D eigenvalue weighted by Crippen LogP contribution is 2.32. The van der Waals surface area contributed by atoms with Crippen LogP contribution in [0.4, 0.5) is 0 Å². The van der Waals surface area contributed by atoms with Crippen LogP contribution in [0.5, 0.6) is 0 Å². The van der Waals surface area contributed by atoms with Crippen LogP contribution in [-0.2, 0) is 14.3 Å². The van der Waals surface area contributed by atoms with Crippen molar-refractivity contribution in [1.29, 1.82) is 0 Å². The number of esters is 1. The summed E-state index contributed by atoms with van der Waals surface area (Å²) in [5.41, 5.74) is 0. The van der Waals surface area contributed by atoms with Gasteiger partial charge in [-0.3, -0.25) is 9.59 Å². The largest absolute Gasteiger partial charge is 0.462 e. The molecule has 4 nitrogen and oxygen atoms in total. The number of rotatable bonds is 6. The average Bonchev–Trinajstić information content (AvgIpc) is 2.39. The van der Waals surface area contributed by atoms with E-state index in [0.29, 0.717) is 10.0 Å². The molecule has 0 spiro atoms. The van der Waals surface area contributed by atoms with Crippen molar-refractivity contribution in [2.24, 2.45) is 0 Å². The minimum absolute atomic E-state index is 0.148. The Bertz CT molecular complexity index is 523. The fourth-order valence-electron chi connectivity index (χ4n) is 1.42. The van der Waals surface area contributed by atoms with Crippen molar-refractivity contribution in [1.82, 2.24) is 5.32 Å². The first-order valence-electron chi connectivity index (χ1n) is 6.38. The number of nitrogens with one attached hydrogen (secondary N) is 1. The van der Waals surface area contributed by atoms with Gasteiger partial charge in [0.15, 0.2) is 0 Å². The van der Waals surface area contributed by atoms with Crippen LogP contribution in [-0.4, -0.2) is 29.8 Å². The summed E-state index contributed by atoms with van der Waals surface area (Å²) in [5, 5.41) is 3.20. The molecule has 0 radical (unpaired) electrons. The molecule has 0 saturated carbocycles. The summed E-state index contributed by atoms with van der Waals surface area (Å²) in [4.78, 5) is 24.0. The van der Waals surface area contributed by atoms with Gasteiger partial charge in [0.05, 0.1) is 16.4 Å². The summed E-state index contributed by atoms with van der Waals surface area (Å²) in [5.74, 6) is -0.729. The molecular formula is C14H17Cl2NO3S. The van der Waals surface area contributed by atoms with Gasteiger partial charge in [0.25, 0.3) is 0 Å².